The second-order valence-electron chi connectivity index (χ2n) is 5.42. The standard InChI is InChI=1S/C15H19Cl2NO2/c1-10(13-3-2-12(16)9-14(13)17)18-6-4-11(5-7-18)8-15(19)20/h2-3,9-11H,4-8H2,1H3,(H,19,20). The molecule has 20 heavy (non-hydrogen) atoms. The molecule has 2 rings (SSSR count). The molecule has 1 atom stereocenters. The van der Waals surface area contributed by atoms with Crippen LogP contribution in [0.5, 0.6) is 0 Å². The lowest BCUT2D eigenvalue weighted by molar-refractivity contribution is -0.138. The molecule has 0 radical (unpaired) electrons. The molecule has 1 N–H and O–H groups in total. The van der Waals surface area contributed by atoms with Crippen LogP contribution in [0.15, 0.2) is 18.2 Å². The number of likely N-dealkylation sites (tertiary alicyclic amines) is 1. The van der Waals surface area contributed by atoms with E-state index in [-0.39, 0.29) is 12.5 Å². The number of hydrogen-bond donors (Lipinski definition) is 1. The molecule has 1 unspecified atom stereocenters. The minimum atomic E-state index is -0.697. The molecule has 0 saturated carbocycles. The Kier molecular flexibility index (Phi) is 5.30. The molecule has 0 aromatic heterocycles. The molecule has 110 valence electrons. The van der Waals surface area contributed by atoms with E-state index >= 15 is 0 Å². The van der Waals surface area contributed by atoms with Gasteiger partial charge in [0.25, 0.3) is 0 Å². The second kappa shape index (κ2) is 6.79. The van der Waals surface area contributed by atoms with Crippen molar-refractivity contribution < 1.29 is 9.90 Å². The summed E-state index contributed by atoms with van der Waals surface area (Å²) in [5, 5.41) is 10.2. The minimum Gasteiger partial charge on any atom is -0.481 e. The summed E-state index contributed by atoms with van der Waals surface area (Å²) in [5.74, 6) is -0.395. The Bertz CT molecular complexity index is 485. The Hall–Kier alpha value is -0.770. The van der Waals surface area contributed by atoms with Crippen molar-refractivity contribution in [3.8, 4) is 0 Å². The lowest BCUT2D eigenvalue weighted by Gasteiger charge is -2.36. The zero-order chi connectivity index (χ0) is 14.7. The Labute approximate surface area is 129 Å². The number of aliphatic carboxylic acids is 1. The van der Waals surface area contributed by atoms with E-state index in [1.807, 2.05) is 12.1 Å². The number of halogens is 2. The molecule has 1 heterocycles. The highest BCUT2D eigenvalue weighted by molar-refractivity contribution is 6.35. The fourth-order valence-corrected chi connectivity index (χ4v) is 3.39. The summed E-state index contributed by atoms with van der Waals surface area (Å²) in [6.07, 6.45) is 2.15. The van der Waals surface area contributed by atoms with E-state index < -0.39 is 5.97 Å². The van der Waals surface area contributed by atoms with Crippen LogP contribution in [0.1, 0.15) is 37.8 Å². The molecule has 0 bridgehead atoms. The van der Waals surface area contributed by atoms with Gasteiger partial charge in [-0.25, -0.2) is 0 Å². The Morgan fingerprint density at radius 1 is 1.40 bits per heavy atom. The number of piperidine rings is 1. The van der Waals surface area contributed by atoms with Crippen molar-refractivity contribution in [1.82, 2.24) is 4.90 Å². The molecule has 1 aromatic rings. The number of carboxylic acids is 1. The van der Waals surface area contributed by atoms with Gasteiger partial charge in [0.1, 0.15) is 0 Å². The smallest absolute Gasteiger partial charge is 0.303 e. The first-order valence-corrected chi connectivity index (χ1v) is 7.63. The van der Waals surface area contributed by atoms with E-state index in [4.69, 9.17) is 28.3 Å². The topological polar surface area (TPSA) is 40.5 Å². The third kappa shape index (κ3) is 3.87. The number of benzene rings is 1. The first-order chi connectivity index (χ1) is 9.47. The predicted octanol–water partition coefficient (Wildman–Crippen LogP) is 4.24. The predicted molar refractivity (Wildman–Crippen MR) is 81.4 cm³/mol. The number of nitrogens with zero attached hydrogens (tertiary/aromatic N) is 1. The van der Waals surface area contributed by atoms with E-state index in [9.17, 15) is 4.79 Å². The van der Waals surface area contributed by atoms with Crippen LogP contribution >= 0.6 is 23.2 Å². The average molecular weight is 316 g/mol. The number of hydrogen-bond acceptors (Lipinski definition) is 2. The van der Waals surface area contributed by atoms with Crippen LogP contribution in [0.4, 0.5) is 0 Å². The summed E-state index contributed by atoms with van der Waals surface area (Å²) in [6, 6.07) is 5.83. The van der Waals surface area contributed by atoms with Gasteiger partial charge in [-0.15, -0.1) is 0 Å². The third-order valence-electron chi connectivity index (χ3n) is 4.07. The summed E-state index contributed by atoms with van der Waals surface area (Å²) < 4.78 is 0. The monoisotopic (exact) mass is 315 g/mol. The van der Waals surface area contributed by atoms with Crippen molar-refractivity contribution in [1.29, 1.82) is 0 Å². The van der Waals surface area contributed by atoms with Gasteiger partial charge < -0.3 is 5.11 Å². The molecule has 1 aliphatic rings. The highest BCUT2D eigenvalue weighted by Gasteiger charge is 2.25. The molecular formula is C15H19Cl2NO2. The van der Waals surface area contributed by atoms with Gasteiger partial charge in [0, 0.05) is 22.5 Å². The second-order valence-corrected chi connectivity index (χ2v) is 6.26. The Morgan fingerprint density at radius 2 is 2.05 bits per heavy atom. The van der Waals surface area contributed by atoms with E-state index in [0.717, 1.165) is 31.5 Å². The molecular weight excluding hydrogens is 297 g/mol. The molecule has 1 aromatic carbocycles. The van der Waals surface area contributed by atoms with Gasteiger partial charge in [-0.05, 0) is 56.5 Å². The third-order valence-corrected chi connectivity index (χ3v) is 4.64. The molecule has 1 saturated heterocycles. The number of rotatable bonds is 4. The summed E-state index contributed by atoms with van der Waals surface area (Å²) >= 11 is 12.2. The molecule has 3 nitrogen and oxygen atoms in total. The Morgan fingerprint density at radius 3 is 2.60 bits per heavy atom. The van der Waals surface area contributed by atoms with Crippen LogP contribution in [0.25, 0.3) is 0 Å². The number of carbonyl (C=O) groups is 1. The van der Waals surface area contributed by atoms with Crippen molar-refractivity contribution in [2.75, 3.05) is 13.1 Å². The maximum absolute atomic E-state index is 10.7. The van der Waals surface area contributed by atoms with E-state index in [1.54, 1.807) is 6.07 Å². The maximum atomic E-state index is 10.7. The van der Waals surface area contributed by atoms with Crippen molar-refractivity contribution in [2.24, 2.45) is 5.92 Å². The van der Waals surface area contributed by atoms with Gasteiger partial charge in [-0.3, -0.25) is 9.69 Å². The van der Waals surface area contributed by atoms with Crippen molar-refractivity contribution in [3.05, 3.63) is 33.8 Å². The van der Waals surface area contributed by atoms with Gasteiger partial charge >= 0.3 is 5.97 Å². The van der Waals surface area contributed by atoms with E-state index in [2.05, 4.69) is 11.8 Å². The van der Waals surface area contributed by atoms with Gasteiger partial charge in [0.05, 0.1) is 0 Å². The van der Waals surface area contributed by atoms with Gasteiger partial charge in [-0.2, -0.15) is 0 Å². The first-order valence-electron chi connectivity index (χ1n) is 6.88. The Balaban J connectivity index is 1.97. The lowest BCUT2D eigenvalue weighted by Crippen LogP contribution is -2.36. The molecule has 0 amide bonds. The summed E-state index contributed by atoms with van der Waals surface area (Å²) in [7, 11) is 0. The van der Waals surface area contributed by atoms with Crippen LogP contribution < -0.4 is 0 Å². The van der Waals surface area contributed by atoms with Crippen molar-refractivity contribution >= 4 is 29.2 Å². The maximum Gasteiger partial charge on any atom is 0.303 e. The quantitative estimate of drug-likeness (QED) is 0.903. The molecule has 5 heteroatoms. The highest BCUT2D eigenvalue weighted by Crippen LogP contribution is 2.32. The largest absolute Gasteiger partial charge is 0.481 e. The van der Waals surface area contributed by atoms with Crippen LogP contribution in [0.3, 0.4) is 0 Å². The van der Waals surface area contributed by atoms with Gasteiger partial charge in [0.2, 0.25) is 0 Å². The molecule has 0 aliphatic carbocycles. The van der Waals surface area contributed by atoms with Crippen LogP contribution in [-0.4, -0.2) is 29.1 Å². The van der Waals surface area contributed by atoms with E-state index in [1.165, 1.54) is 0 Å². The zero-order valence-corrected chi connectivity index (χ0v) is 13.0. The van der Waals surface area contributed by atoms with Gasteiger partial charge in [0.15, 0.2) is 0 Å². The first kappa shape index (κ1) is 15.6. The van der Waals surface area contributed by atoms with Crippen LogP contribution in [-0.2, 0) is 4.79 Å². The van der Waals surface area contributed by atoms with Crippen molar-refractivity contribution in [3.63, 3.8) is 0 Å². The summed E-state index contributed by atoms with van der Waals surface area (Å²) in [5.41, 5.74) is 1.08. The van der Waals surface area contributed by atoms with Crippen molar-refractivity contribution in [2.45, 2.75) is 32.2 Å². The fraction of sp³-hybridized carbons (Fsp3) is 0.533. The summed E-state index contributed by atoms with van der Waals surface area (Å²) in [4.78, 5) is 13.1. The van der Waals surface area contributed by atoms with Gasteiger partial charge in [-0.1, -0.05) is 29.3 Å². The lowest BCUT2D eigenvalue weighted by atomic mass is 9.92. The average Bonchev–Trinajstić information content (AvgIpc) is 2.38. The molecule has 1 aliphatic heterocycles. The SMILES string of the molecule is CC(c1ccc(Cl)cc1Cl)N1CCC(CC(=O)O)CC1. The molecule has 0 spiro atoms. The van der Waals surface area contributed by atoms with E-state index in [0.29, 0.717) is 16.0 Å². The number of carboxylic acid groups (broad SMARTS) is 1. The zero-order valence-electron chi connectivity index (χ0n) is 11.5. The fourth-order valence-electron chi connectivity index (χ4n) is 2.83. The molecule has 1 fully saturated rings. The summed E-state index contributed by atoms with van der Waals surface area (Å²) in [6.45, 7) is 3.96. The van der Waals surface area contributed by atoms with Crippen LogP contribution in [0, 0.1) is 5.92 Å². The van der Waals surface area contributed by atoms with Crippen LogP contribution in [0.2, 0.25) is 10.0 Å². The normalized spacial score (nSPS) is 18.9. The minimum absolute atomic E-state index is 0.227. The highest BCUT2D eigenvalue weighted by atomic mass is 35.5.